The molecule has 0 aliphatic rings. The van der Waals surface area contributed by atoms with Gasteiger partial charge in [-0.3, -0.25) is 4.79 Å². The van der Waals surface area contributed by atoms with Gasteiger partial charge >= 0.3 is 0 Å². The highest BCUT2D eigenvalue weighted by atomic mass is 16.1. The minimum Gasteiger partial charge on any atom is -0.353 e. The van der Waals surface area contributed by atoms with Crippen LogP contribution in [0.15, 0.2) is 36.9 Å². The summed E-state index contributed by atoms with van der Waals surface area (Å²) in [6, 6.07) is 8.22. The average Bonchev–Trinajstić information content (AvgIpc) is 3.05. The first-order chi connectivity index (χ1) is 12.3. The number of rotatable bonds is 13. The van der Waals surface area contributed by atoms with Gasteiger partial charge in [-0.25, -0.2) is 4.98 Å². The second-order valence-corrected chi connectivity index (χ2v) is 6.63. The van der Waals surface area contributed by atoms with E-state index in [0.29, 0.717) is 0 Å². The molecular weight excluding hydrogens is 310 g/mol. The summed E-state index contributed by atoms with van der Waals surface area (Å²) in [6.45, 7) is 4.21. The van der Waals surface area contributed by atoms with Crippen molar-refractivity contribution < 1.29 is 4.79 Å². The van der Waals surface area contributed by atoms with Crippen molar-refractivity contribution in [3.05, 3.63) is 42.7 Å². The fourth-order valence-corrected chi connectivity index (χ4v) is 3.06. The van der Waals surface area contributed by atoms with Crippen LogP contribution in [0.5, 0.6) is 0 Å². The standard InChI is InChI=1S/C21H31N3O/c1-2-21(25)22-17-13-9-7-5-3-4-6-8-10-16-20-23-18-14-11-12-15-19(18)24-20/h2,11-12,14-15H,1,3-10,13,16-17H2,(H,22,25)(H,23,24). The molecule has 25 heavy (non-hydrogen) atoms. The first-order valence-electron chi connectivity index (χ1n) is 9.63. The third kappa shape index (κ3) is 7.55. The fourth-order valence-electron chi connectivity index (χ4n) is 3.06. The van der Waals surface area contributed by atoms with Crippen LogP contribution in [0.3, 0.4) is 0 Å². The molecule has 1 aromatic heterocycles. The van der Waals surface area contributed by atoms with Crippen molar-refractivity contribution in [2.24, 2.45) is 0 Å². The van der Waals surface area contributed by atoms with Gasteiger partial charge in [0.25, 0.3) is 0 Å². The molecule has 0 saturated heterocycles. The van der Waals surface area contributed by atoms with Crippen molar-refractivity contribution in [1.29, 1.82) is 0 Å². The summed E-state index contributed by atoms with van der Waals surface area (Å²) in [5.74, 6) is 1.05. The van der Waals surface area contributed by atoms with Crippen LogP contribution < -0.4 is 5.32 Å². The van der Waals surface area contributed by atoms with Crippen molar-refractivity contribution in [3.8, 4) is 0 Å². The Morgan fingerprint density at radius 2 is 1.64 bits per heavy atom. The number of aromatic amines is 1. The minimum atomic E-state index is -0.0670. The molecule has 0 unspecified atom stereocenters. The fraction of sp³-hybridized carbons (Fsp3) is 0.524. The highest BCUT2D eigenvalue weighted by Crippen LogP contribution is 2.14. The summed E-state index contributed by atoms with van der Waals surface area (Å²) in [5, 5.41) is 2.81. The maximum atomic E-state index is 11.0. The monoisotopic (exact) mass is 341 g/mol. The van der Waals surface area contributed by atoms with Crippen LogP contribution in [-0.4, -0.2) is 22.4 Å². The second kappa shape index (κ2) is 11.5. The largest absolute Gasteiger partial charge is 0.353 e. The molecule has 0 bridgehead atoms. The number of benzene rings is 1. The molecule has 0 fully saturated rings. The van der Waals surface area contributed by atoms with Crippen LogP contribution in [0, 0.1) is 0 Å². The smallest absolute Gasteiger partial charge is 0.243 e. The Bertz CT molecular complexity index is 614. The lowest BCUT2D eigenvalue weighted by Crippen LogP contribution is -2.21. The Balaban J connectivity index is 1.40. The number of hydrogen-bond donors (Lipinski definition) is 2. The number of hydrogen-bond acceptors (Lipinski definition) is 2. The number of carbonyl (C=O) groups excluding carboxylic acids is 1. The summed E-state index contributed by atoms with van der Waals surface area (Å²) >= 11 is 0. The van der Waals surface area contributed by atoms with Gasteiger partial charge in [-0.1, -0.05) is 63.7 Å². The Morgan fingerprint density at radius 1 is 1.00 bits per heavy atom. The highest BCUT2D eigenvalue weighted by molar-refractivity contribution is 5.86. The summed E-state index contributed by atoms with van der Waals surface area (Å²) in [5.41, 5.74) is 2.21. The van der Waals surface area contributed by atoms with Gasteiger partial charge in [0.1, 0.15) is 5.82 Å². The van der Waals surface area contributed by atoms with E-state index in [1.807, 2.05) is 12.1 Å². The minimum absolute atomic E-state index is 0.0670. The van der Waals surface area contributed by atoms with Crippen molar-refractivity contribution in [2.75, 3.05) is 6.54 Å². The number of para-hydroxylation sites is 2. The van der Waals surface area contributed by atoms with E-state index in [9.17, 15) is 4.79 Å². The third-order valence-corrected chi connectivity index (χ3v) is 4.51. The first kappa shape index (κ1) is 19.2. The number of fused-ring (bicyclic) bond motifs is 1. The van der Waals surface area contributed by atoms with Crippen LogP contribution in [0.25, 0.3) is 11.0 Å². The lowest BCUT2D eigenvalue weighted by atomic mass is 10.1. The number of H-pyrrole nitrogens is 1. The van der Waals surface area contributed by atoms with E-state index in [1.54, 1.807) is 0 Å². The van der Waals surface area contributed by atoms with Crippen LogP contribution in [0.1, 0.15) is 63.6 Å². The summed E-state index contributed by atoms with van der Waals surface area (Å²) in [7, 11) is 0. The first-order valence-corrected chi connectivity index (χ1v) is 9.63. The van der Waals surface area contributed by atoms with Crippen LogP contribution >= 0.6 is 0 Å². The van der Waals surface area contributed by atoms with E-state index in [-0.39, 0.29) is 5.91 Å². The molecule has 0 saturated carbocycles. The number of unbranched alkanes of at least 4 members (excludes halogenated alkanes) is 8. The van der Waals surface area contributed by atoms with E-state index in [1.165, 1.54) is 57.4 Å². The molecule has 4 heteroatoms. The van der Waals surface area contributed by atoms with E-state index in [0.717, 1.165) is 36.2 Å². The van der Waals surface area contributed by atoms with Gasteiger partial charge in [0.05, 0.1) is 11.0 Å². The van der Waals surface area contributed by atoms with E-state index < -0.39 is 0 Å². The maximum Gasteiger partial charge on any atom is 0.243 e. The zero-order valence-corrected chi connectivity index (χ0v) is 15.2. The van der Waals surface area contributed by atoms with E-state index in [4.69, 9.17) is 0 Å². The summed E-state index contributed by atoms with van der Waals surface area (Å²) in [6.07, 6.45) is 13.7. The number of aromatic nitrogens is 2. The van der Waals surface area contributed by atoms with Crippen LogP contribution in [0.4, 0.5) is 0 Å². The lowest BCUT2D eigenvalue weighted by Gasteiger charge is -2.03. The molecule has 0 aliphatic carbocycles. The molecule has 0 atom stereocenters. The Labute approximate surface area is 151 Å². The zero-order valence-electron chi connectivity index (χ0n) is 15.2. The lowest BCUT2D eigenvalue weighted by molar-refractivity contribution is -0.116. The third-order valence-electron chi connectivity index (χ3n) is 4.51. The maximum absolute atomic E-state index is 11.0. The molecule has 2 aromatic rings. The molecule has 2 rings (SSSR count). The Kier molecular flexibility index (Phi) is 8.81. The van der Waals surface area contributed by atoms with Gasteiger partial charge in [-0.2, -0.15) is 0 Å². The van der Waals surface area contributed by atoms with Gasteiger partial charge in [-0.15, -0.1) is 0 Å². The number of aryl methyl sites for hydroxylation is 1. The van der Waals surface area contributed by atoms with Crippen molar-refractivity contribution in [3.63, 3.8) is 0 Å². The average molecular weight is 341 g/mol. The number of carbonyl (C=O) groups is 1. The molecule has 1 amide bonds. The Morgan fingerprint density at radius 3 is 2.32 bits per heavy atom. The topological polar surface area (TPSA) is 57.8 Å². The van der Waals surface area contributed by atoms with Crippen molar-refractivity contribution >= 4 is 16.9 Å². The highest BCUT2D eigenvalue weighted by Gasteiger charge is 2.01. The van der Waals surface area contributed by atoms with E-state index >= 15 is 0 Å². The van der Waals surface area contributed by atoms with Gasteiger partial charge < -0.3 is 10.3 Å². The summed E-state index contributed by atoms with van der Waals surface area (Å²) < 4.78 is 0. The number of imidazole rings is 1. The van der Waals surface area contributed by atoms with E-state index in [2.05, 4.69) is 34.0 Å². The van der Waals surface area contributed by atoms with Crippen molar-refractivity contribution in [2.45, 2.75) is 64.2 Å². The SMILES string of the molecule is C=CC(=O)NCCCCCCCCCCCc1nc2ccccc2[nH]1. The molecule has 0 spiro atoms. The zero-order chi connectivity index (χ0) is 17.7. The number of amides is 1. The van der Waals surface area contributed by atoms with Gasteiger partial charge in [-0.05, 0) is 31.1 Å². The normalized spacial score (nSPS) is 10.9. The summed E-state index contributed by atoms with van der Waals surface area (Å²) in [4.78, 5) is 19.0. The Hall–Kier alpha value is -2.10. The van der Waals surface area contributed by atoms with Gasteiger partial charge in [0.15, 0.2) is 0 Å². The number of nitrogens with one attached hydrogen (secondary N) is 2. The van der Waals surface area contributed by atoms with Gasteiger partial charge in [0, 0.05) is 13.0 Å². The molecule has 1 heterocycles. The molecule has 4 nitrogen and oxygen atoms in total. The van der Waals surface area contributed by atoms with Gasteiger partial charge in [0.2, 0.25) is 5.91 Å². The predicted molar refractivity (Wildman–Crippen MR) is 105 cm³/mol. The molecule has 1 aromatic carbocycles. The second-order valence-electron chi connectivity index (χ2n) is 6.63. The molecular formula is C21H31N3O. The van der Waals surface area contributed by atoms with Crippen LogP contribution in [-0.2, 0) is 11.2 Å². The molecule has 0 radical (unpaired) electrons. The van der Waals surface area contributed by atoms with Crippen LogP contribution in [0.2, 0.25) is 0 Å². The number of nitrogens with zero attached hydrogens (tertiary/aromatic N) is 1. The molecule has 0 aliphatic heterocycles. The predicted octanol–water partition coefficient (Wildman–Crippen LogP) is 4.92. The van der Waals surface area contributed by atoms with Crippen molar-refractivity contribution in [1.82, 2.24) is 15.3 Å². The molecule has 2 N–H and O–H groups in total. The quantitative estimate of drug-likeness (QED) is 0.401. The molecule has 136 valence electrons.